The zero-order valence-electron chi connectivity index (χ0n) is 12.2. The van der Waals surface area contributed by atoms with Crippen molar-refractivity contribution in [3.8, 4) is 11.1 Å². The molecule has 0 bridgehead atoms. The molecular weight excluding hydrogens is 267 g/mol. The second kappa shape index (κ2) is 7.38. The van der Waals surface area contributed by atoms with Crippen LogP contribution in [0.5, 0.6) is 0 Å². The smallest absolute Gasteiger partial charge is 0.423 e. The van der Waals surface area contributed by atoms with Gasteiger partial charge in [0.1, 0.15) is 0 Å². The van der Waals surface area contributed by atoms with Gasteiger partial charge < -0.3 is 19.5 Å². The highest BCUT2D eigenvalue weighted by atomic mass is 16.5. The first kappa shape index (κ1) is 15.7. The molecule has 2 aromatic carbocycles. The van der Waals surface area contributed by atoms with Crippen molar-refractivity contribution in [1.82, 2.24) is 0 Å². The zero-order chi connectivity index (χ0) is 15.2. The Morgan fingerprint density at radius 1 is 0.857 bits per heavy atom. The van der Waals surface area contributed by atoms with E-state index in [4.69, 9.17) is 9.47 Å². The van der Waals surface area contributed by atoms with Crippen molar-refractivity contribution in [2.45, 2.75) is 13.2 Å². The van der Waals surface area contributed by atoms with Gasteiger partial charge in [-0.1, -0.05) is 42.5 Å². The van der Waals surface area contributed by atoms with E-state index in [0.29, 0.717) is 18.7 Å². The Hall–Kier alpha value is -1.66. The van der Waals surface area contributed by atoms with Crippen molar-refractivity contribution >= 4 is 12.6 Å². The minimum absolute atomic E-state index is 0.347. The van der Waals surface area contributed by atoms with E-state index in [1.807, 2.05) is 36.4 Å². The van der Waals surface area contributed by atoms with Crippen LogP contribution in [0.1, 0.15) is 11.1 Å². The number of hydrogen-bond acceptors (Lipinski definition) is 4. The number of benzene rings is 2. The van der Waals surface area contributed by atoms with Crippen LogP contribution in [0.4, 0.5) is 0 Å². The molecule has 21 heavy (non-hydrogen) atoms. The average molecular weight is 286 g/mol. The maximum Gasteiger partial charge on any atom is 0.488 e. The molecule has 110 valence electrons. The lowest BCUT2D eigenvalue weighted by atomic mass is 9.76. The van der Waals surface area contributed by atoms with Crippen LogP contribution in [0.15, 0.2) is 42.5 Å². The largest absolute Gasteiger partial charge is 0.488 e. The number of methoxy groups -OCH3 is 2. The molecule has 0 aromatic heterocycles. The van der Waals surface area contributed by atoms with Gasteiger partial charge in [-0.3, -0.25) is 0 Å². The predicted octanol–water partition coefficient (Wildman–Crippen LogP) is 1.33. The third kappa shape index (κ3) is 3.92. The van der Waals surface area contributed by atoms with E-state index in [-0.39, 0.29) is 0 Å². The van der Waals surface area contributed by atoms with E-state index in [9.17, 15) is 10.0 Å². The highest BCUT2D eigenvalue weighted by Gasteiger charge is 2.16. The molecule has 0 unspecified atom stereocenters. The predicted molar refractivity (Wildman–Crippen MR) is 83.1 cm³/mol. The zero-order valence-corrected chi connectivity index (χ0v) is 12.2. The molecule has 0 amide bonds. The summed E-state index contributed by atoms with van der Waals surface area (Å²) < 4.78 is 10.2. The van der Waals surface area contributed by atoms with Crippen LogP contribution in [0.2, 0.25) is 0 Å². The molecule has 0 saturated carbocycles. The van der Waals surface area contributed by atoms with Gasteiger partial charge in [0.25, 0.3) is 0 Å². The summed E-state index contributed by atoms with van der Waals surface area (Å²) in [6.45, 7) is 0.924. The van der Waals surface area contributed by atoms with E-state index in [0.717, 1.165) is 22.3 Å². The molecule has 0 heterocycles. The van der Waals surface area contributed by atoms with Gasteiger partial charge in [0.05, 0.1) is 13.2 Å². The maximum absolute atomic E-state index is 9.50. The minimum Gasteiger partial charge on any atom is -0.423 e. The van der Waals surface area contributed by atoms with Crippen LogP contribution >= 0.6 is 0 Å². The molecule has 0 radical (unpaired) electrons. The summed E-state index contributed by atoms with van der Waals surface area (Å²) in [4.78, 5) is 0. The third-order valence-electron chi connectivity index (χ3n) is 3.32. The quantitative estimate of drug-likeness (QED) is 0.786. The summed E-state index contributed by atoms with van der Waals surface area (Å²) in [5, 5.41) is 19.0. The minimum atomic E-state index is -1.51. The topological polar surface area (TPSA) is 58.9 Å². The lowest BCUT2D eigenvalue weighted by Crippen LogP contribution is -2.33. The number of rotatable bonds is 6. The monoisotopic (exact) mass is 286 g/mol. The summed E-state index contributed by atoms with van der Waals surface area (Å²) in [5.74, 6) is 0. The average Bonchev–Trinajstić information content (AvgIpc) is 2.49. The lowest BCUT2D eigenvalue weighted by Gasteiger charge is -2.11. The third-order valence-corrected chi connectivity index (χ3v) is 3.32. The van der Waals surface area contributed by atoms with Crippen LogP contribution in [0.3, 0.4) is 0 Å². The molecule has 0 spiro atoms. The van der Waals surface area contributed by atoms with Gasteiger partial charge in [0.15, 0.2) is 0 Å². The first-order valence-electron chi connectivity index (χ1n) is 6.72. The molecule has 2 N–H and O–H groups in total. The van der Waals surface area contributed by atoms with Crippen LogP contribution in [0, 0.1) is 0 Å². The van der Waals surface area contributed by atoms with Crippen LogP contribution in [-0.4, -0.2) is 31.4 Å². The molecule has 0 atom stereocenters. The maximum atomic E-state index is 9.50. The summed E-state index contributed by atoms with van der Waals surface area (Å²) >= 11 is 0. The molecule has 0 saturated heterocycles. The molecule has 2 aromatic rings. The molecule has 0 fully saturated rings. The highest BCUT2D eigenvalue weighted by molar-refractivity contribution is 6.59. The molecule has 5 heteroatoms. The standard InChI is InChI=1S/C16H19BO4/c1-20-10-12-3-5-13(6-4-12)14-7-8-15(11-21-2)16(9-14)17(18)19/h3-9,18-19H,10-11H2,1-2H3. The van der Waals surface area contributed by atoms with Crippen molar-refractivity contribution in [3.63, 3.8) is 0 Å². The Kier molecular flexibility index (Phi) is 5.53. The summed E-state index contributed by atoms with van der Waals surface area (Å²) in [6.07, 6.45) is 0. The molecule has 0 aliphatic heterocycles. The van der Waals surface area contributed by atoms with Gasteiger partial charge in [-0.2, -0.15) is 0 Å². The van der Waals surface area contributed by atoms with Gasteiger partial charge >= 0.3 is 7.12 Å². The molecule has 0 aliphatic rings. The molecule has 2 rings (SSSR count). The van der Waals surface area contributed by atoms with E-state index < -0.39 is 7.12 Å². The van der Waals surface area contributed by atoms with Crippen molar-refractivity contribution in [2.75, 3.05) is 14.2 Å². The van der Waals surface area contributed by atoms with Gasteiger partial charge in [-0.15, -0.1) is 0 Å². The highest BCUT2D eigenvalue weighted by Crippen LogP contribution is 2.20. The Morgan fingerprint density at radius 2 is 1.48 bits per heavy atom. The van der Waals surface area contributed by atoms with Gasteiger partial charge in [0.2, 0.25) is 0 Å². The van der Waals surface area contributed by atoms with Crippen LogP contribution in [0.25, 0.3) is 11.1 Å². The fourth-order valence-electron chi connectivity index (χ4n) is 2.26. The Morgan fingerprint density at radius 3 is 2.05 bits per heavy atom. The summed E-state index contributed by atoms with van der Waals surface area (Å²) in [7, 11) is 1.73. The van der Waals surface area contributed by atoms with Crippen molar-refractivity contribution in [2.24, 2.45) is 0 Å². The molecule has 0 aliphatic carbocycles. The number of ether oxygens (including phenoxy) is 2. The van der Waals surface area contributed by atoms with Crippen molar-refractivity contribution in [3.05, 3.63) is 53.6 Å². The lowest BCUT2D eigenvalue weighted by molar-refractivity contribution is 0.185. The second-order valence-electron chi connectivity index (χ2n) is 4.85. The van der Waals surface area contributed by atoms with E-state index in [2.05, 4.69) is 0 Å². The van der Waals surface area contributed by atoms with E-state index in [1.165, 1.54) is 0 Å². The Labute approximate surface area is 125 Å². The van der Waals surface area contributed by atoms with Gasteiger partial charge in [-0.05, 0) is 27.7 Å². The summed E-state index contributed by atoms with van der Waals surface area (Å²) in [6, 6.07) is 13.6. The van der Waals surface area contributed by atoms with Gasteiger partial charge in [0, 0.05) is 14.2 Å². The van der Waals surface area contributed by atoms with Crippen LogP contribution < -0.4 is 5.46 Å². The van der Waals surface area contributed by atoms with E-state index in [1.54, 1.807) is 20.3 Å². The fraction of sp³-hybridized carbons (Fsp3) is 0.250. The van der Waals surface area contributed by atoms with Crippen molar-refractivity contribution < 1.29 is 19.5 Å². The summed E-state index contributed by atoms with van der Waals surface area (Å²) in [5.41, 5.74) is 4.28. The molecule has 4 nitrogen and oxygen atoms in total. The van der Waals surface area contributed by atoms with Gasteiger partial charge in [-0.25, -0.2) is 0 Å². The van der Waals surface area contributed by atoms with Crippen LogP contribution in [-0.2, 0) is 22.7 Å². The number of hydrogen-bond donors (Lipinski definition) is 2. The Bertz CT molecular complexity index is 581. The molecular formula is C16H19BO4. The second-order valence-corrected chi connectivity index (χ2v) is 4.85. The first-order valence-corrected chi connectivity index (χ1v) is 6.72. The van der Waals surface area contributed by atoms with Crippen molar-refractivity contribution in [1.29, 1.82) is 0 Å². The first-order chi connectivity index (χ1) is 10.2. The van der Waals surface area contributed by atoms with E-state index >= 15 is 0 Å². The Balaban J connectivity index is 2.33. The normalized spacial score (nSPS) is 10.7. The fourth-order valence-corrected chi connectivity index (χ4v) is 2.26. The SMILES string of the molecule is COCc1ccc(-c2ccc(COC)c(B(O)O)c2)cc1.